The number of benzene rings is 2. The third-order valence-corrected chi connectivity index (χ3v) is 6.61. The monoisotopic (exact) mass is 525 g/mol. The molecule has 0 aliphatic carbocycles. The van der Waals surface area contributed by atoms with Crippen molar-refractivity contribution in [1.82, 2.24) is 9.88 Å². The van der Waals surface area contributed by atoms with Gasteiger partial charge in [-0.2, -0.15) is 0 Å². The number of aromatic nitrogens is 1. The van der Waals surface area contributed by atoms with Gasteiger partial charge in [0.05, 0.1) is 17.3 Å². The van der Waals surface area contributed by atoms with Gasteiger partial charge in [0.15, 0.2) is 0 Å². The number of halogens is 2. The molecule has 1 atom stereocenters. The van der Waals surface area contributed by atoms with Crippen molar-refractivity contribution in [2.75, 3.05) is 11.5 Å². The Kier molecular flexibility index (Phi) is 7.82. The smallest absolute Gasteiger partial charge is 0.335 e. The number of nitrogens with zero attached hydrogens (tertiary/aromatic N) is 2. The minimum absolute atomic E-state index is 0.137. The Morgan fingerprint density at radius 2 is 1.81 bits per heavy atom. The van der Waals surface area contributed by atoms with Gasteiger partial charge >= 0.3 is 6.03 Å². The van der Waals surface area contributed by atoms with Crippen molar-refractivity contribution >= 4 is 52.8 Å². The van der Waals surface area contributed by atoms with Gasteiger partial charge < -0.3 is 9.30 Å². The molecular formula is C27H25Cl2N3O4. The molecule has 1 saturated heterocycles. The first-order valence-electron chi connectivity index (χ1n) is 11.5. The normalized spacial score (nSPS) is 15.8. The first kappa shape index (κ1) is 25.5. The van der Waals surface area contributed by atoms with Crippen LogP contribution < -0.4 is 15.0 Å². The maximum Gasteiger partial charge on any atom is 0.335 e. The minimum Gasteiger partial charge on any atom is -0.490 e. The zero-order chi connectivity index (χ0) is 25.8. The molecule has 9 heteroatoms. The van der Waals surface area contributed by atoms with Crippen molar-refractivity contribution in [2.45, 2.75) is 32.7 Å². The van der Waals surface area contributed by atoms with Crippen molar-refractivity contribution in [3.05, 3.63) is 87.7 Å². The van der Waals surface area contributed by atoms with Crippen LogP contribution in [0.3, 0.4) is 0 Å². The second-order valence-corrected chi connectivity index (χ2v) is 9.25. The van der Waals surface area contributed by atoms with Crippen LogP contribution in [0.25, 0.3) is 6.08 Å². The maximum atomic E-state index is 13.2. The molecule has 0 saturated carbocycles. The van der Waals surface area contributed by atoms with Gasteiger partial charge in [-0.25, -0.2) is 9.69 Å². The van der Waals surface area contributed by atoms with Crippen molar-refractivity contribution in [2.24, 2.45) is 0 Å². The van der Waals surface area contributed by atoms with E-state index in [0.717, 1.165) is 16.9 Å². The highest BCUT2D eigenvalue weighted by Crippen LogP contribution is 2.28. The second kappa shape index (κ2) is 11.0. The van der Waals surface area contributed by atoms with Crippen molar-refractivity contribution < 1.29 is 19.1 Å². The van der Waals surface area contributed by atoms with E-state index in [1.165, 1.54) is 6.08 Å². The van der Waals surface area contributed by atoms with E-state index in [9.17, 15) is 14.4 Å². The SMILES string of the molecule is CC[C@@H](C)c1ccc(N2C(=O)NC(=O)/C(=C\c3cccn3CCOc3ccc(Cl)cc3Cl)C2=O)cc1. The number of nitrogens with one attached hydrogen (secondary N) is 1. The van der Waals surface area contributed by atoms with Crippen molar-refractivity contribution in [3.8, 4) is 5.75 Å². The molecule has 0 radical (unpaired) electrons. The predicted molar refractivity (Wildman–Crippen MR) is 141 cm³/mol. The summed E-state index contributed by atoms with van der Waals surface area (Å²) in [5.41, 5.74) is 1.98. The Balaban J connectivity index is 1.52. The number of urea groups is 1. The summed E-state index contributed by atoms with van der Waals surface area (Å²) in [6, 6.07) is 15.0. The van der Waals surface area contributed by atoms with Crippen LogP contribution in [0.15, 0.2) is 66.4 Å². The standard InChI is InChI=1S/C27H25Cl2N3O4/c1-3-17(2)18-6-9-20(10-7-18)32-26(34)22(25(33)30-27(32)35)16-21-5-4-12-31(21)13-14-36-24-11-8-19(28)15-23(24)29/h4-12,15-17H,3,13-14H2,1-2H3,(H,30,33,35)/b22-16+/t17-/m1/s1. The van der Waals surface area contributed by atoms with Crippen LogP contribution in [0.5, 0.6) is 5.75 Å². The van der Waals surface area contributed by atoms with E-state index in [2.05, 4.69) is 19.2 Å². The molecule has 0 spiro atoms. The molecule has 1 aliphatic rings. The highest BCUT2D eigenvalue weighted by Gasteiger charge is 2.37. The molecule has 1 fully saturated rings. The average molecular weight is 526 g/mol. The summed E-state index contributed by atoms with van der Waals surface area (Å²) in [7, 11) is 0. The summed E-state index contributed by atoms with van der Waals surface area (Å²) in [4.78, 5) is 39.3. The number of carbonyl (C=O) groups is 3. The van der Waals surface area contributed by atoms with E-state index in [1.54, 1.807) is 48.7 Å². The Labute approximate surface area is 219 Å². The van der Waals surface area contributed by atoms with E-state index in [1.807, 2.05) is 16.7 Å². The minimum atomic E-state index is -0.776. The van der Waals surface area contributed by atoms with Crippen LogP contribution in [0.4, 0.5) is 10.5 Å². The predicted octanol–water partition coefficient (Wildman–Crippen LogP) is 6.05. The first-order valence-corrected chi connectivity index (χ1v) is 12.3. The molecule has 2 aromatic carbocycles. The van der Waals surface area contributed by atoms with Crippen LogP contribution >= 0.6 is 23.2 Å². The second-order valence-electron chi connectivity index (χ2n) is 8.41. The Bertz CT molecular complexity index is 1330. The van der Waals surface area contributed by atoms with Crippen LogP contribution in [0, 0.1) is 0 Å². The van der Waals surface area contributed by atoms with E-state index >= 15 is 0 Å². The van der Waals surface area contributed by atoms with Gasteiger partial charge in [-0.15, -0.1) is 0 Å². The zero-order valence-electron chi connectivity index (χ0n) is 19.8. The van der Waals surface area contributed by atoms with Gasteiger partial charge in [-0.05, 0) is 66.4 Å². The number of barbiturate groups is 1. The summed E-state index contributed by atoms with van der Waals surface area (Å²) in [5, 5.41) is 3.18. The summed E-state index contributed by atoms with van der Waals surface area (Å²) >= 11 is 12.1. The first-order chi connectivity index (χ1) is 17.3. The number of ether oxygens (including phenoxy) is 1. The van der Waals surface area contributed by atoms with Crippen LogP contribution in [0.1, 0.15) is 37.4 Å². The van der Waals surface area contributed by atoms with Crippen LogP contribution in [0.2, 0.25) is 10.0 Å². The van der Waals surface area contributed by atoms with Gasteiger partial charge in [0.25, 0.3) is 11.8 Å². The Morgan fingerprint density at radius 3 is 2.50 bits per heavy atom. The van der Waals surface area contributed by atoms with E-state index in [4.69, 9.17) is 27.9 Å². The number of anilines is 1. The quantitative estimate of drug-likeness (QED) is 0.286. The molecule has 3 aromatic rings. The fraction of sp³-hybridized carbons (Fsp3) is 0.222. The van der Waals surface area contributed by atoms with Crippen LogP contribution in [-0.2, 0) is 16.1 Å². The van der Waals surface area contributed by atoms with Gasteiger partial charge in [0.2, 0.25) is 0 Å². The lowest BCUT2D eigenvalue weighted by atomic mass is 9.98. The van der Waals surface area contributed by atoms with Crippen molar-refractivity contribution in [1.29, 1.82) is 0 Å². The summed E-state index contributed by atoms with van der Waals surface area (Å²) in [6.07, 6.45) is 4.25. The number of amides is 4. The molecule has 4 amide bonds. The van der Waals surface area contributed by atoms with Crippen molar-refractivity contribution in [3.63, 3.8) is 0 Å². The topological polar surface area (TPSA) is 80.6 Å². The lowest BCUT2D eigenvalue weighted by Crippen LogP contribution is -2.54. The molecule has 0 bridgehead atoms. The van der Waals surface area contributed by atoms with Gasteiger partial charge in [0.1, 0.15) is 17.9 Å². The van der Waals surface area contributed by atoms with E-state index in [-0.39, 0.29) is 5.57 Å². The molecule has 0 unspecified atom stereocenters. The average Bonchev–Trinajstić information content (AvgIpc) is 3.30. The number of rotatable bonds is 8. The maximum absolute atomic E-state index is 13.2. The third kappa shape index (κ3) is 5.48. The molecule has 36 heavy (non-hydrogen) atoms. The number of hydrogen-bond acceptors (Lipinski definition) is 4. The Hall–Kier alpha value is -3.55. The van der Waals surface area contributed by atoms with E-state index < -0.39 is 17.8 Å². The number of imide groups is 2. The molecule has 1 aliphatic heterocycles. The van der Waals surface area contributed by atoms with Gasteiger partial charge in [-0.1, -0.05) is 49.2 Å². The zero-order valence-corrected chi connectivity index (χ0v) is 21.3. The van der Waals surface area contributed by atoms with Gasteiger partial charge in [-0.3, -0.25) is 14.9 Å². The van der Waals surface area contributed by atoms with Gasteiger partial charge in [0, 0.05) is 16.9 Å². The molecule has 7 nitrogen and oxygen atoms in total. The highest BCUT2D eigenvalue weighted by molar-refractivity contribution is 6.39. The lowest BCUT2D eigenvalue weighted by molar-refractivity contribution is -0.122. The fourth-order valence-corrected chi connectivity index (χ4v) is 4.30. The largest absolute Gasteiger partial charge is 0.490 e. The van der Waals surface area contributed by atoms with E-state index in [0.29, 0.717) is 46.2 Å². The summed E-state index contributed by atoms with van der Waals surface area (Å²) in [5.74, 6) is -0.565. The molecule has 186 valence electrons. The van der Waals surface area contributed by atoms with Crippen LogP contribution in [-0.4, -0.2) is 29.0 Å². The molecule has 1 aromatic heterocycles. The summed E-state index contributed by atoms with van der Waals surface area (Å²) < 4.78 is 7.58. The summed E-state index contributed by atoms with van der Waals surface area (Å²) in [6.45, 7) is 4.93. The molecule has 2 heterocycles. The highest BCUT2D eigenvalue weighted by atomic mass is 35.5. The number of hydrogen-bond donors (Lipinski definition) is 1. The molecule has 4 rings (SSSR count). The Morgan fingerprint density at radius 1 is 1.06 bits per heavy atom. The third-order valence-electron chi connectivity index (χ3n) is 6.07. The number of carbonyl (C=O) groups excluding carboxylic acids is 3. The lowest BCUT2D eigenvalue weighted by Gasteiger charge is -2.26. The fourth-order valence-electron chi connectivity index (χ4n) is 3.84. The molecule has 1 N–H and O–H groups in total. The molecular weight excluding hydrogens is 501 g/mol.